The topological polar surface area (TPSA) is 12.0 Å². The van der Waals surface area contributed by atoms with E-state index in [1.165, 1.54) is 42.4 Å². The van der Waals surface area contributed by atoms with Crippen LogP contribution in [-0.4, -0.2) is 6.54 Å². The summed E-state index contributed by atoms with van der Waals surface area (Å²) in [6.07, 6.45) is 4.83. The van der Waals surface area contributed by atoms with E-state index in [0.717, 1.165) is 6.54 Å². The summed E-state index contributed by atoms with van der Waals surface area (Å²) in [6, 6.07) is 20.2. The lowest BCUT2D eigenvalue weighted by molar-refractivity contribution is 0.462. The van der Waals surface area contributed by atoms with Gasteiger partial charge in [-0.15, -0.1) is 0 Å². The molecule has 3 rings (SSSR count). The molecule has 1 atom stereocenters. The maximum absolute atomic E-state index is 3.66. The third-order valence-electron chi connectivity index (χ3n) is 4.02. The molecular formula is C18H21N. The van der Waals surface area contributed by atoms with Crippen LogP contribution in [-0.2, 0) is 12.8 Å². The number of aryl methyl sites for hydroxylation is 1. The molecule has 98 valence electrons. The van der Waals surface area contributed by atoms with E-state index in [2.05, 4.69) is 59.9 Å². The van der Waals surface area contributed by atoms with E-state index >= 15 is 0 Å². The van der Waals surface area contributed by atoms with Gasteiger partial charge in [-0.2, -0.15) is 0 Å². The molecular weight excluding hydrogens is 230 g/mol. The van der Waals surface area contributed by atoms with Crippen LogP contribution in [0.25, 0.3) is 0 Å². The minimum absolute atomic E-state index is 0.550. The quantitative estimate of drug-likeness (QED) is 0.869. The van der Waals surface area contributed by atoms with Crippen molar-refractivity contribution < 1.29 is 0 Å². The summed E-state index contributed by atoms with van der Waals surface area (Å²) in [7, 11) is 0. The molecule has 1 nitrogen and oxygen atoms in total. The fourth-order valence-electron chi connectivity index (χ4n) is 3.01. The van der Waals surface area contributed by atoms with Crippen molar-refractivity contribution in [2.24, 2.45) is 0 Å². The normalized spacial score (nSPS) is 18.0. The minimum atomic E-state index is 0.550. The maximum atomic E-state index is 3.66. The third kappa shape index (κ3) is 3.05. The average Bonchev–Trinajstić information content (AvgIpc) is 2.49. The Hall–Kier alpha value is -1.60. The Morgan fingerprint density at radius 1 is 0.947 bits per heavy atom. The molecule has 1 heteroatoms. The Balaban J connectivity index is 1.59. The molecule has 0 saturated heterocycles. The molecule has 0 bridgehead atoms. The van der Waals surface area contributed by atoms with Crippen molar-refractivity contribution in [3.05, 3.63) is 71.3 Å². The minimum Gasteiger partial charge on any atom is -0.310 e. The number of nitrogens with one attached hydrogen (secondary N) is 1. The Morgan fingerprint density at radius 3 is 2.63 bits per heavy atom. The molecule has 0 amide bonds. The lowest BCUT2D eigenvalue weighted by Gasteiger charge is -2.27. The maximum Gasteiger partial charge on any atom is 0.0323 e. The van der Waals surface area contributed by atoms with E-state index in [0.29, 0.717) is 6.04 Å². The van der Waals surface area contributed by atoms with Gasteiger partial charge in [0.15, 0.2) is 0 Å². The van der Waals surface area contributed by atoms with Crippen molar-refractivity contribution in [3.63, 3.8) is 0 Å². The van der Waals surface area contributed by atoms with Gasteiger partial charge in [-0.05, 0) is 48.9 Å². The molecule has 19 heavy (non-hydrogen) atoms. The summed E-state index contributed by atoms with van der Waals surface area (Å²) in [6.45, 7) is 1.12. The number of benzene rings is 2. The molecule has 0 saturated carbocycles. The van der Waals surface area contributed by atoms with Crippen molar-refractivity contribution in [1.29, 1.82) is 0 Å². The van der Waals surface area contributed by atoms with Crippen LogP contribution in [0, 0.1) is 0 Å². The Labute approximate surface area is 115 Å². The van der Waals surface area contributed by atoms with Crippen LogP contribution in [0.15, 0.2) is 54.6 Å². The molecule has 1 N–H and O–H groups in total. The number of hydrogen-bond acceptors (Lipinski definition) is 1. The van der Waals surface area contributed by atoms with Gasteiger partial charge >= 0.3 is 0 Å². The first kappa shape index (κ1) is 12.4. The SMILES string of the molecule is c1ccc(CCCC2NCCc3ccccc32)cc1. The van der Waals surface area contributed by atoms with Gasteiger partial charge in [0.2, 0.25) is 0 Å². The van der Waals surface area contributed by atoms with Crippen LogP contribution < -0.4 is 5.32 Å². The second kappa shape index (κ2) is 6.03. The molecule has 0 radical (unpaired) electrons. The van der Waals surface area contributed by atoms with Gasteiger partial charge in [-0.1, -0.05) is 54.6 Å². The summed E-state index contributed by atoms with van der Waals surface area (Å²) in [4.78, 5) is 0. The van der Waals surface area contributed by atoms with Crippen LogP contribution in [0.1, 0.15) is 35.6 Å². The highest BCUT2D eigenvalue weighted by atomic mass is 14.9. The second-order valence-corrected chi connectivity index (χ2v) is 5.33. The zero-order valence-electron chi connectivity index (χ0n) is 11.3. The van der Waals surface area contributed by atoms with Gasteiger partial charge < -0.3 is 5.32 Å². The first-order chi connectivity index (χ1) is 9.43. The molecule has 1 aliphatic rings. The predicted molar refractivity (Wildman–Crippen MR) is 80.3 cm³/mol. The number of hydrogen-bond donors (Lipinski definition) is 1. The molecule has 1 unspecified atom stereocenters. The third-order valence-corrected chi connectivity index (χ3v) is 4.02. The monoisotopic (exact) mass is 251 g/mol. The van der Waals surface area contributed by atoms with Crippen molar-refractivity contribution >= 4 is 0 Å². The molecule has 2 aromatic carbocycles. The Morgan fingerprint density at radius 2 is 1.74 bits per heavy atom. The van der Waals surface area contributed by atoms with Crippen LogP contribution in [0.5, 0.6) is 0 Å². The smallest absolute Gasteiger partial charge is 0.0323 e. The van der Waals surface area contributed by atoms with Crippen molar-refractivity contribution in [2.75, 3.05) is 6.54 Å². The summed E-state index contributed by atoms with van der Waals surface area (Å²) in [5.41, 5.74) is 4.50. The van der Waals surface area contributed by atoms with E-state index < -0.39 is 0 Å². The highest BCUT2D eigenvalue weighted by Gasteiger charge is 2.18. The van der Waals surface area contributed by atoms with Crippen LogP contribution in [0.4, 0.5) is 0 Å². The van der Waals surface area contributed by atoms with E-state index in [9.17, 15) is 0 Å². The van der Waals surface area contributed by atoms with E-state index in [1.54, 1.807) is 0 Å². The average molecular weight is 251 g/mol. The Kier molecular flexibility index (Phi) is 3.95. The molecule has 1 heterocycles. The van der Waals surface area contributed by atoms with Gasteiger partial charge in [0.25, 0.3) is 0 Å². The van der Waals surface area contributed by atoms with Gasteiger partial charge in [-0.25, -0.2) is 0 Å². The standard InChI is InChI=1S/C18H21N/c1-2-7-15(8-3-1)9-6-12-18-17-11-5-4-10-16(17)13-14-19-18/h1-5,7-8,10-11,18-19H,6,9,12-14H2. The lowest BCUT2D eigenvalue weighted by atomic mass is 9.91. The first-order valence-electron chi connectivity index (χ1n) is 7.28. The molecule has 0 spiro atoms. The van der Waals surface area contributed by atoms with E-state index in [1.807, 2.05) is 0 Å². The number of fused-ring (bicyclic) bond motifs is 1. The van der Waals surface area contributed by atoms with Gasteiger partial charge in [0.1, 0.15) is 0 Å². The number of rotatable bonds is 4. The zero-order valence-corrected chi connectivity index (χ0v) is 11.3. The van der Waals surface area contributed by atoms with E-state index in [-0.39, 0.29) is 0 Å². The van der Waals surface area contributed by atoms with Crippen LogP contribution in [0.2, 0.25) is 0 Å². The molecule has 1 aliphatic heterocycles. The summed E-state index contributed by atoms with van der Waals surface area (Å²) < 4.78 is 0. The van der Waals surface area contributed by atoms with Crippen LogP contribution in [0.3, 0.4) is 0 Å². The highest BCUT2D eigenvalue weighted by molar-refractivity contribution is 5.32. The van der Waals surface area contributed by atoms with Crippen LogP contribution >= 0.6 is 0 Å². The molecule has 0 aromatic heterocycles. The van der Waals surface area contributed by atoms with Gasteiger partial charge in [0, 0.05) is 6.04 Å². The molecule has 2 aromatic rings. The van der Waals surface area contributed by atoms with E-state index in [4.69, 9.17) is 0 Å². The molecule has 0 aliphatic carbocycles. The summed E-state index contributed by atoms with van der Waals surface area (Å²) in [5, 5.41) is 3.66. The fraction of sp³-hybridized carbons (Fsp3) is 0.333. The summed E-state index contributed by atoms with van der Waals surface area (Å²) in [5.74, 6) is 0. The first-order valence-corrected chi connectivity index (χ1v) is 7.28. The fourth-order valence-corrected chi connectivity index (χ4v) is 3.01. The second-order valence-electron chi connectivity index (χ2n) is 5.33. The summed E-state index contributed by atoms with van der Waals surface area (Å²) >= 11 is 0. The zero-order chi connectivity index (χ0) is 12.9. The van der Waals surface area contributed by atoms with Gasteiger partial charge in [-0.3, -0.25) is 0 Å². The highest BCUT2D eigenvalue weighted by Crippen LogP contribution is 2.26. The Bertz CT molecular complexity index is 518. The predicted octanol–water partition coefficient (Wildman–Crippen LogP) is 3.90. The van der Waals surface area contributed by atoms with Crippen molar-refractivity contribution in [2.45, 2.75) is 31.7 Å². The largest absolute Gasteiger partial charge is 0.310 e. The lowest BCUT2D eigenvalue weighted by Crippen LogP contribution is -2.29. The van der Waals surface area contributed by atoms with Gasteiger partial charge in [0.05, 0.1) is 0 Å². The molecule has 0 fully saturated rings. The van der Waals surface area contributed by atoms with Crippen molar-refractivity contribution in [3.8, 4) is 0 Å². The van der Waals surface area contributed by atoms with Crippen molar-refractivity contribution in [1.82, 2.24) is 5.32 Å².